The summed E-state index contributed by atoms with van der Waals surface area (Å²) in [4.78, 5) is 23.8. The van der Waals surface area contributed by atoms with Crippen molar-refractivity contribution in [3.63, 3.8) is 0 Å². The normalized spacial score (nSPS) is 11.6. The van der Waals surface area contributed by atoms with Gasteiger partial charge in [-0.05, 0) is 12.8 Å². The number of esters is 2. The van der Waals surface area contributed by atoms with Crippen LogP contribution in [0.5, 0.6) is 0 Å². The van der Waals surface area contributed by atoms with Gasteiger partial charge in [-0.1, -0.05) is 206 Å². The highest BCUT2D eigenvalue weighted by atomic mass is 16.5. The standard InChI is InChI=1S/C40H76O5/c1-3-5-7-9-11-13-15-17-19-21-23-25-27-29-31-33-35-44-39(42)37-38(41)40(43)45-36-34-32-30-28-26-24-22-20-18-16-14-12-10-8-6-4-2/h37,41H,3-36H2,1-2H3/b38-37+. The van der Waals surface area contributed by atoms with Gasteiger partial charge in [0.05, 0.1) is 19.3 Å². The molecule has 0 atom stereocenters. The molecule has 0 bridgehead atoms. The summed E-state index contributed by atoms with van der Waals surface area (Å²) in [6, 6.07) is 0. The van der Waals surface area contributed by atoms with E-state index >= 15 is 0 Å². The molecular formula is C40H76O5. The number of aliphatic hydroxyl groups is 1. The number of carbonyl (C=O) groups excluding carboxylic acids is 2. The molecule has 0 heterocycles. The quantitative estimate of drug-likeness (QED) is 0.0320. The van der Waals surface area contributed by atoms with Gasteiger partial charge in [-0.25, -0.2) is 9.59 Å². The Morgan fingerprint density at radius 1 is 0.400 bits per heavy atom. The zero-order valence-electron chi connectivity index (χ0n) is 30.2. The van der Waals surface area contributed by atoms with E-state index < -0.39 is 17.7 Å². The first kappa shape index (κ1) is 43.5. The topological polar surface area (TPSA) is 72.8 Å². The smallest absolute Gasteiger partial charge is 0.373 e. The fourth-order valence-electron chi connectivity index (χ4n) is 5.92. The summed E-state index contributed by atoms with van der Waals surface area (Å²) in [5.74, 6) is -2.22. The number of carbonyl (C=O) groups is 2. The average Bonchev–Trinajstić information content (AvgIpc) is 3.03. The third kappa shape index (κ3) is 35.2. The molecule has 5 nitrogen and oxygen atoms in total. The molecule has 0 aliphatic carbocycles. The minimum atomic E-state index is -0.852. The van der Waals surface area contributed by atoms with E-state index in [0.717, 1.165) is 44.6 Å². The van der Waals surface area contributed by atoms with E-state index in [0.29, 0.717) is 6.61 Å². The Morgan fingerprint density at radius 2 is 0.644 bits per heavy atom. The molecule has 0 amide bonds. The molecule has 0 aliphatic rings. The van der Waals surface area contributed by atoms with Crippen molar-refractivity contribution in [2.75, 3.05) is 13.2 Å². The van der Waals surface area contributed by atoms with Gasteiger partial charge in [0.1, 0.15) is 0 Å². The van der Waals surface area contributed by atoms with E-state index in [2.05, 4.69) is 13.8 Å². The van der Waals surface area contributed by atoms with Crippen molar-refractivity contribution in [1.29, 1.82) is 0 Å². The highest BCUT2D eigenvalue weighted by molar-refractivity contribution is 5.94. The first-order chi connectivity index (χ1) is 22.1. The maximum Gasteiger partial charge on any atom is 0.373 e. The molecule has 0 spiro atoms. The summed E-state index contributed by atoms with van der Waals surface area (Å²) in [5.41, 5.74) is 0. The Morgan fingerprint density at radius 3 is 0.933 bits per heavy atom. The number of aliphatic hydroxyl groups excluding tert-OH is 1. The maximum absolute atomic E-state index is 11.9. The molecule has 0 saturated carbocycles. The molecule has 0 rings (SSSR count). The Bertz CT molecular complexity index is 659. The van der Waals surface area contributed by atoms with Crippen LogP contribution in [0.25, 0.3) is 0 Å². The predicted octanol–water partition coefficient (Wildman–Crippen LogP) is 13.0. The largest absolute Gasteiger partial charge is 0.502 e. The van der Waals surface area contributed by atoms with Crippen molar-refractivity contribution in [3.05, 3.63) is 11.8 Å². The monoisotopic (exact) mass is 637 g/mol. The Labute approximate surface area is 280 Å². The molecule has 0 aromatic heterocycles. The van der Waals surface area contributed by atoms with Crippen LogP contribution in [0, 0.1) is 0 Å². The van der Waals surface area contributed by atoms with Gasteiger partial charge < -0.3 is 14.6 Å². The van der Waals surface area contributed by atoms with Gasteiger partial charge in [0.25, 0.3) is 0 Å². The van der Waals surface area contributed by atoms with Crippen molar-refractivity contribution in [2.24, 2.45) is 0 Å². The van der Waals surface area contributed by atoms with Gasteiger partial charge in [0.15, 0.2) is 0 Å². The summed E-state index contributed by atoms with van der Waals surface area (Å²) < 4.78 is 10.2. The van der Waals surface area contributed by atoms with Crippen LogP contribution in [0.2, 0.25) is 0 Å². The van der Waals surface area contributed by atoms with Crippen molar-refractivity contribution >= 4 is 11.9 Å². The SMILES string of the molecule is CCCCCCCCCCCCCCCCCCOC(=O)/C=C(/O)C(=O)OCCCCCCCCCCCCCCCCCC. The summed E-state index contributed by atoms with van der Waals surface area (Å²) in [7, 11) is 0. The molecule has 0 fully saturated rings. The van der Waals surface area contributed by atoms with E-state index in [1.165, 1.54) is 167 Å². The van der Waals surface area contributed by atoms with E-state index in [4.69, 9.17) is 9.47 Å². The third-order valence-corrected chi connectivity index (χ3v) is 8.94. The lowest BCUT2D eigenvalue weighted by atomic mass is 10.0. The molecule has 0 unspecified atom stereocenters. The summed E-state index contributed by atoms with van der Waals surface area (Å²) in [6.45, 7) is 5.12. The molecule has 5 heteroatoms. The summed E-state index contributed by atoms with van der Waals surface area (Å²) in [5, 5.41) is 9.85. The van der Waals surface area contributed by atoms with Gasteiger partial charge in [0.2, 0.25) is 5.76 Å². The molecule has 0 aromatic carbocycles. The number of unbranched alkanes of at least 4 members (excludes halogenated alkanes) is 30. The molecule has 0 radical (unpaired) electrons. The van der Waals surface area contributed by atoms with E-state index in [-0.39, 0.29) is 6.61 Å². The van der Waals surface area contributed by atoms with E-state index in [1.807, 2.05) is 0 Å². The lowest BCUT2D eigenvalue weighted by molar-refractivity contribution is -0.144. The highest BCUT2D eigenvalue weighted by Gasteiger charge is 2.12. The Kier molecular flexibility index (Phi) is 35.7. The zero-order valence-corrected chi connectivity index (χ0v) is 30.2. The van der Waals surface area contributed by atoms with E-state index in [9.17, 15) is 14.7 Å². The van der Waals surface area contributed by atoms with Crippen LogP contribution in [0.4, 0.5) is 0 Å². The third-order valence-electron chi connectivity index (χ3n) is 8.94. The lowest BCUT2D eigenvalue weighted by Crippen LogP contribution is -2.12. The molecule has 0 aliphatic heterocycles. The summed E-state index contributed by atoms with van der Waals surface area (Å²) in [6.07, 6.45) is 42.2. The molecular weight excluding hydrogens is 560 g/mol. The number of ether oxygens (including phenoxy) is 2. The first-order valence-corrected chi connectivity index (χ1v) is 19.9. The van der Waals surface area contributed by atoms with Crippen molar-refractivity contribution in [1.82, 2.24) is 0 Å². The molecule has 0 saturated heterocycles. The Balaban J connectivity index is 3.45. The van der Waals surface area contributed by atoms with Crippen molar-refractivity contribution in [2.45, 2.75) is 219 Å². The van der Waals surface area contributed by atoms with Crippen LogP contribution in [-0.4, -0.2) is 30.3 Å². The average molecular weight is 637 g/mol. The van der Waals surface area contributed by atoms with Crippen molar-refractivity contribution in [3.8, 4) is 0 Å². The van der Waals surface area contributed by atoms with Crippen LogP contribution >= 0.6 is 0 Å². The molecule has 266 valence electrons. The van der Waals surface area contributed by atoms with Gasteiger partial charge in [-0.15, -0.1) is 0 Å². The number of hydrogen-bond acceptors (Lipinski definition) is 5. The zero-order chi connectivity index (χ0) is 32.9. The maximum atomic E-state index is 11.9. The van der Waals surface area contributed by atoms with Crippen molar-refractivity contribution < 1.29 is 24.2 Å². The highest BCUT2D eigenvalue weighted by Crippen LogP contribution is 2.15. The molecule has 0 aromatic rings. The predicted molar refractivity (Wildman–Crippen MR) is 192 cm³/mol. The second-order valence-electron chi connectivity index (χ2n) is 13.4. The fourth-order valence-corrected chi connectivity index (χ4v) is 5.92. The minimum absolute atomic E-state index is 0.267. The number of hydrogen-bond donors (Lipinski definition) is 1. The fraction of sp³-hybridized carbons (Fsp3) is 0.900. The van der Waals surface area contributed by atoms with Crippen LogP contribution in [0.1, 0.15) is 219 Å². The molecule has 1 N–H and O–H groups in total. The van der Waals surface area contributed by atoms with Gasteiger partial charge in [-0.3, -0.25) is 0 Å². The van der Waals surface area contributed by atoms with Crippen LogP contribution in [0.3, 0.4) is 0 Å². The minimum Gasteiger partial charge on any atom is -0.502 e. The second kappa shape index (κ2) is 36.9. The lowest BCUT2D eigenvalue weighted by Gasteiger charge is -2.06. The molecule has 45 heavy (non-hydrogen) atoms. The van der Waals surface area contributed by atoms with Crippen LogP contribution in [0.15, 0.2) is 11.8 Å². The second-order valence-corrected chi connectivity index (χ2v) is 13.4. The summed E-state index contributed by atoms with van der Waals surface area (Å²) >= 11 is 0. The van der Waals surface area contributed by atoms with Gasteiger partial charge in [-0.2, -0.15) is 0 Å². The number of rotatable bonds is 36. The van der Waals surface area contributed by atoms with Gasteiger partial charge >= 0.3 is 11.9 Å². The van der Waals surface area contributed by atoms with Crippen LogP contribution < -0.4 is 0 Å². The first-order valence-electron chi connectivity index (χ1n) is 19.9. The Hall–Kier alpha value is -1.52. The van der Waals surface area contributed by atoms with Gasteiger partial charge in [0, 0.05) is 0 Å². The van der Waals surface area contributed by atoms with E-state index in [1.54, 1.807) is 0 Å². The van der Waals surface area contributed by atoms with Crippen LogP contribution in [-0.2, 0) is 19.1 Å².